The Bertz CT molecular complexity index is 706. The molecule has 0 atom stereocenters. The number of nitrogens with zero attached hydrogens (tertiary/aromatic N) is 3. The van der Waals surface area contributed by atoms with Gasteiger partial charge in [0.2, 0.25) is 5.89 Å². The molecule has 0 bridgehead atoms. The van der Waals surface area contributed by atoms with E-state index >= 15 is 0 Å². The van der Waals surface area contributed by atoms with Gasteiger partial charge in [-0.25, -0.2) is 4.98 Å². The highest BCUT2D eigenvalue weighted by Gasteiger charge is 2.10. The zero-order valence-corrected chi connectivity index (χ0v) is 13.7. The molecule has 0 spiro atoms. The summed E-state index contributed by atoms with van der Waals surface area (Å²) in [5.74, 6) is 1.39. The molecule has 0 aliphatic rings. The van der Waals surface area contributed by atoms with Crippen molar-refractivity contribution in [3.63, 3.8) is 0 Å². The van der Waals surface area contributed by atoms with Gasteiger partial charge in [0, 0.05) is 16.0 Å². The van der Waals surface area contributed by atoms with Gasteiger partial charge in [-0.05, 0) is 19.1 Å². The van der Waals surface area contributed by atoms with Crippen molar-refractivity contribution >= 4 is 46.0 Å². The topological polar surface area (TPSA) is 51.8 Å². The Morgan fingerprint density at radius 3 is 2.95 bits per heavy atom. The van der Waals surface area contributed by atoms with Gasteiger partial charge in [-0.15, -0.1) is 32.9 Å². The quantitative estimate of drug-likeness (QED) is 0.641. The molecule has 0 amide bonds. The first-order valence-electron chi connectivity index (χ1n) is 5.79. The minimum absolute atomic E-state index is 0.580. The van der Waals surface area contributed by atoms with Crippen LogP contribution in [0.25, 0.3) is 0 Å². The monoisotopic (exact) mass is 343 g/mol. The van der Waals surface area contributed by atoms with E-state index in [0.29, 0.717) is 17.5 Å². The van der Waals surface area contributed by atoms with Crippen LogP contribution in [0.1, 0.15) is 21.5 Å². The Morgan fingerprint density at radius 2 is 2.25 bits per heavy atom. The maximum atomic E-state index is 5.89. The molecule has 20 heavy (non-hydrogen) atoms. The second kappa shape index (κ2) is 6.26. The summed E-state index contributed by atoms with van der Waals surface area (Å²) < 4.78 is 6.40. The van der Waals surface area contributed by atoms with Gasteiger partial charge >= 0.3 is 0 Å². The summed E-state index contributed by atoms with van der Waals surface area (Å²) in [5, 5.41) is 11.7. The molecule has 0 unspecified atom stereocenters. The van der Waals surface area contributed by atoms with E-state index in [-0.39, 0.29) is 0 Å². The Hall–Kier alpha value is -0.890. The van der Waals surface area contributed by atoms with Crippen molar-refractivity contribution in [2.24, 2.45) is 0 Å². The minimum atomic E-state index is 0.580. The fourth-order valence-electron chi connectivity index (χ4n) is 1.57. The molecule has 0 aliphatic heterocycles. The van der Waals surface area contributed by atoms with Crippen LogP contribution in [-0.2, 0) is 12.2 Å². The van der Waals surface area contributed by atoms with E-state index in [1.807, 2.05) is 24.4 Å². The lowest BCUT2D eigenvalue weighted by Gasteiger charge is -1.92. The summed E-state index contributed by atoms with van der Waals surface area (Å²) in [5.41, 5.74) is 0.970. The fraction of sp³-hybridized carbons (Fsp3) is 0.250. The van der Waals surface area contributed by atoms with Crippen molar-refractivity contribution in [1.82, 2.24) is 15.2 Å². The third kappa shape index (κ3) is 3.60. The van der Waals surface area contributed by atoms with E-state index in [1.54, 1.807) is 22.7 Å². The fourth-order valence-corrected chi connectivity index (χ4v) is 4.10. The SMILES string of the molecule is Cc1nc(Cc2nnc(SCc3ccc(Cl)s3)o2)cs1. The molecule has 0 aliphatic carbocycles. The number of thiophene rings is 1. The van der Waals surface area contributed by atoms with E-state index in [2.05, 4.69) is 15.2 Å². The average Bonchev–Trinajstić information content (AvgIpc) is 3.11. The van der Waals surface area contributed by atoms with E-state index in [1.165, 1.54) is 16.6 Å². The standard InChI is InChI=1S/C12H10ClN3OS3/c1-7-14-8(5-18-7)4-11-15-16-12(17-11)19-6-9-2-3-10(13)20-9/h2-3,5H,4,6H2,1H3. The maximum absolute atomic E-state index is 5.89. The molecule has 0 fully saturated rings. The minimum Gasteiger partial charge on any atom is -0.416 e. The van der Waals surface area contributed by atoms with E-state index in [9.17, 15) is 0 Å². The van der Waals surface area contributed by atoms with Gasteiger partial charge in [-0.3, -0.25) is 0 Å². The van der Waals surface area contributed by atoms with Gasteiger partial charge in [0.15, 0.2) is 0 Å². The largest absolute Gasteiger partial charge is 0.416 e. The highest BCUT2D eigenvalue weighted by atomic mass is 35.5. The van der Waals surface area contributed by atoms with Crippen LogP contribution in [0.4, 0.5) is 0 Å². The van der Waals surface area contributed by atoms with Gasteiger partial charge in [0.1, 0.15) is 0 Å². The summed E-state index contributed by atoms with van der Waals surface area (Å²) in [6, 6.07) is 3.90. The number of aromatic nitrogens is 3. The summed E-state index contributed by atoms with van der Waals surface area (Å²) >= 11 is 10.6. The van der Waals surface area contributed by atoms with Crippen LogP contribution in [0.5, 0.6) is 0 Å². The van der Waals surface area contributed by atoms with Crippen LogP contribution < -0.4 is 0 Å². The summed E-state index contributed by atoms with van der Waals surface area (Å²) in [7, 11) is 0. The number of hydrogen-bond acceptors (Lipinski definition) is 7. The van der Waals surface area contributed by atoms with Crippen molar-refractivity contribution < 1.29 is 4.42 Å². The number of thioether (sulfide) groups is 1. The van der Waals surface area contributed by atoms with Crippen LogP contribution in [0, 0.1) is 6.92 Å². The zero-order chi connectivity index (χ0) is 13.9. The molecule has 0 saturated carbocycles. The summed E-state index contributed by atoms with van der Waals surface area (Å²) in [6.07, 6.45) is 0.586. The third-order valence-corrected chi connectivity index (χ3v) is 5.52. The first-order chi connectivity index (χ1) is 9.69. The molecule has 3 aromatic rings. The molecule has 3 aromatic heterocycles. The highest BCUT2D eigenvalue weighted by molar-refractivity contribution is 7.98. The van der Waals surface area contributed by atoms with Crippen LogP contribution in [0.3, 0.4) is 0 Å². The van der Waals surface area contributed by atoms with Crippen molar-refractivity contribution in [1.29, 1.82) is 0 Å². The molecule has 0 N–H and O–H groups in total. The number of halogens is 1. The van der Waals surface area contributed by atoms with Crippen LogP contribution in [-0.4, -0.2) is 15.2 Å². The molecular formula is C12H10ClN3OS3. The van der Waals surface area contributed by atoms with Crippen LogP contribution in [0.15, 0.2) is 27.2 Å². The van der Waals surface area contributed by atoms with Crippen LogP contribution in [0.2, 0.25) is 4.34 Å². The lowest BCUT2D eigenvalue weighted by atomic mass is 10.3. The van der Waals surface area contributed by atoms with E-state index < -0.39 is 0 Å². The number of rotatable bonds is 5. The smallest absolute Gasteiger partial charge is 0.276 e. The normalized spacial score (nSPS) is 11.1. The Kier molecular flexibility index (Phi) is 4.40. The second-order valence-electron chi connectivity index (χ2n) is 3.99. The van der Waals surface area contributed by atoms with Gasteiger partial charge in [0.05, 0.1) is 21.5 Å². The van der Waals surface area contributed by atoms with Crippen molar-refractivity contribution in [3.05, 3.63) is 43.3 Å². The van der Waals surface area contributed by atoms with Crippen LogP contribution >= 0.6 is 46.0 Å². The number of hydrogen-bond donors (Lipinski definition) is 0. The molecule has 0 saturated heterocycles. The Morgan fingerprint density at radius 1 is 1.35 bits per heavy atom. The lowest BCUT2D eigenvalue weighted by Crippen LogP contribution is -1.88. The summed E-state index contributed by atoms with van der Waals surface area (Å²) in [6.45, 7) is 1.98. The maximum Gasteiger partial charge on any atom is 0.276 e. The van der Waals surface area contributed by atoms with Crippen molar-refractivity contribution in [2.75, 3.05) is 0 Å². The first kappa shape index (κ1) is 14.1. The van der Waals surface area contributed by atoms with Crippen molar-refractivity contribution in [3.8, 4) is 0 Å². The molecule has 8 heteroatoms. The molecule has 104 valence electrons. The predicted octanol–water partition coefficient (Wildman–Crippen LogP) is 4.43. The van der Waals surface area contributed by atoms with Gasteiger partial charge in [-0.1, -0.05) is 23.4 Å². The number of aryl methyl sites for hydroxylation is 1. The van der Waals surface area contributed by atoms with E-state index in [4.69, 9.17) is 16.0 Å². The highest BCUT2D eigenvalue weighted by Crippen LogP contribution is 2.28. The Balaban J connectivity index is 1.59. The molecule has 3 rings (SSSR count). The third-order valence-electron chi connectivity index (χ3n) is 2.41. The number of thiazole rings is 1. The van der Waals surface area contributed by atoms with Gasteiger partial charge in [0.25, 0.3) is 5.22 Å². The Labute approximate surface area is 133 Å². The first-order valence-corrected chi connectivity index (χ1v) is 8.85. The molecule has 4 nitrogen and oxygen atoms in total. The molecule has 0 aromatic carbocycles. The molecular weight excluding hydrogens is 334 g/mol. The van der Waals surface area contributed by atoms with Crippen molar-refractivity contribution in [2.45, 2.75) is 24.3 Å². The average molecular weight is 344 g/mol. The second-order valence-corrected chi connectivity index (χ2v) is 7.78. The lowest BCUT2D eigenvalue weighted by molar-refractivity contribution is 0.419. The zero-order valence-electron chi connectivity index (χ0n) is 10.5. The van der Waals surface area contributed by atoms with E-state index in [0.717, 1.165) is 20.8 Å². The van der Waals surface area contributed by atoms with Gasteiger partial charge < -0.3 is 4.42 Å². The summed E-state index contributed by atoms with van der Waals surface area (Å²) in [4.78, 5) is 5.57. The molecule has 3 heterocycles. The molecule has 0 radical (unpaired) electrons. The van der Waals surface area contributed by atoms with Gasteiger partial charge in [-0.2, -0.15) is 0 Å². The predicted molar refractivity (Wildman–Crippen MR) is 82.8 cm³/mol.